The highest BCUT2D eigenvalue weighted by Crippen LogP contribution is 2.24. The number of nitrogens with zero attached hydrogens (tertiary/aromatic N) is 2. The molecule has 0 spiro atoms. The zero-order valence-corrected chi connectivity index (χ0v) is 17.7. The van der Waals surface area contributed by atoms with Crippen LogP contribution in [0.1, 0.15) is 17.9 Å². The fraction of sp³-hybridized carbons (Fsp3) is 0.238. The van der Waals surface area contributed by atoms with Crippen LogP contribution in [0.25, 0.3) is 11.3 Å². The Morgan fingerprint density at radius 1 is 1.16 bits per heavy atom. The number of sulfonamides is 1. The summed E-state index contributed by atoms with van der Waals surface area (Å²) in [6, 6.07) is 9.23. The van der Waals surface area contributed by atoms with E-state index in [1.807, 2.05) is 0 Å². The number of benzene rings is 2. The van der Waals surface area contributed by atoms with Crippen molar-refractivity contribution in [3.05, 3.63) is 71.8 Å². The molecule has 3 rings (SSSR count). The third-order valence-corrected chi connectivity index (χ3v) is 6.18. The minimum Gasteiger partial charge on any atom is -0.461 e. The summed E-state index contributed by atoms with van der Waals surface area (Å²) in [6.07, 6.45) is 1.38. The van der Waals surface area contributed by atoms with Crippen molar-refractivity contribution in [3.8, 4) is 11.3 Å². The number of oxazole rings is 1. The molecule has 1 heterocycles. The van der Waals surface area contributed by atoms with E-state index in [2.05, 4.69) is 4.98 Å². The van der Waals surface area contributed by atoms with Gasteiger partial charge >= 0.3 is 5.97 Å². The molecule has 3 aromatic rings. The number of aryl methyl sites for hydroxylation is 1. The average molecular weight is 450 g/mol. The number of halogens is 2. The lowest BCUT2D eigenvalue weighted by Gasteiger charge is -2.12. The number of hydrogen-bond acceptors (Lipinski definition) is 6. The molecule has 7 nitrogen and oxygen atoms in total. The first-order chi connectivity index (χ1) is 14.7. The molecule has 164 valence electrons. The van der Waals surface area contributed by atoms with Gasteiger partial charge in [-0.3, -0.25) is 4.79 Å². The molecule has 0 amide bonds. The molecule has 0 aliphatic rings. The monoisotopic (exact) mass is 450 g/mol. The smallest absolute Gasteiger partial charge is 0.306 e. The maximum Gasteiger partial charge on any atom is 0.306 e. The summed E-state index contributed by atoms with van der Waals surface area (Å²) in [5, 5.41) is 0. The summed E-state index contributed by atoms with van der Waals surface area (Å²) < 4.78 is 62.9. The molecular formula is C21H20F2N2O5S. The Morgan fingerprint density at radius 3 is 2.65 bits per heavy atom. The number of ether oxygens (including phenoxy) is 1. The van der Waals surface area contributed by atoms with E-state index in [-0.39, 0.29) is 41.6 Å². The van der Waals surface area contributed by atoms with E-state index >= 15 is 0 Å². The van der Waals surface area contributed by atoms with E-state index in [0.717, 1.165) is 16.4 Å². The number of carbonyl (C=O) groups is 1. The highest BCUT2D eigenvalue weighted by molar-refractivity contribution is 7.89. The first kappa shape index (κ1) is 22.6. The van der Waals surface area contributed by atoms with E-state index < -0.39 is 27.6 Å². The largest absolute Gasteiger partial charge is 0.461 e. The lowest BCUT2D eigenvalue weighted by molar-refractivity contribution is -0.145. The van der Waals surface area contributed by atoms with Gasteiger partial charge in [-0.15, -0.1) is 0 Å². The van der Waals surface area contributed by atoms with Crippen molar-refractivity contribution in [2.45, 2.75) is 24.3 Å². The molecule has 0 radical (unpaired) electrons. The van der Waals surface area contributed by atoms with Crippen molar-refractivity contribution in [1.29, 1.82) is 0 Å². The minimum absolute atomic E-state index is 0.0401. The van der Waals surface area contributed by atoms with Gasteiger partial charge in [0, 0.05) is 26.6 Å². The van der Waals surface area contributed by atoms with Gasteiger partial charge in [0.25, 0.3) is 0 Å². The van der Waals surface area contributed by atoms with E-state index in [1.165, 1.54) is 38.5 Å². The molecule has 31 heavy (non-hydrogen) atoms. The molecule has 0 N–H and O–H groups in total. The van der Waals surface area contributed by atoms with Crippen LogP contribution in [0.3, 0.4) is 0 Å². The predicted octanol–water partition coefficient (Wildman–Crippen LogP) is 3.55. The fourth-order valence-electron chi connectivity index (χ4n) is 2.69. The third kappa shape index (κ3) is 5.53. The summed E-state index contributed by atoms with van der Waals surface area (Å²) in [7, 11) is -0.723. The van der Waals surface area contributed by atoms with Crippen LogP contribution in [-0.4, -0.2) is 37.8 Å². The SMILES string of the molecule is CN(C)S(=O)(=O)c1cccc(COC(=O)CCc2ncc(-c3ccc(F)cc3F)o2)c1. The Bertz CT molecular complexity index is 1190. The summed E-state index contributed by atoms with van der Waals surface area (Å²) in [4.78, 5) is 16.1. The van der Waals surface area contributed by atoms with E-state index in [4.69, 9.17) is 9.15 Å². The van der Waals surface area contributed by atoms with Gasteiger partial charge in [-0.25, -0.2) is 26.5 Å². The van der Waals surface area contributed by atoms with Crippen molar-refractivity contribution in [1.82, 2.24) is 9.29 Å². The Hall–Kier alpha value is -3.11. The fourth-order valence-corrected chi connectivity index (χ4v) is 3.66. The van der Waals surface area contributed by atoms with Crippen molar-refractivity contribution < 1.29 is 31.1 Å². The van der Waals surface area contributed by atoms with Gasteiger partial charge in [0.05, 0.1) is 23.1 Å². The third-order valence-electron chi connectivity index (χ3n) is 4.37. The number of hydrogen-bond donors (Lipinski definition) is 0. The van der Waals surface area contributed by atoms with Crippen LogP contribution in [0.2, 0.25) is 0 Å². The summed E-state index contributed by atoms with van der Waals surface area (Å²) in [5.41, 5.74) is 0.594. The Kier molecular flexibility index (Phi) is 6.81. The summed E-state index contributed by atoms with van der Waals surface area (Å²) in [5.74, 6) is -1.68. The molecule has 0 fully saturated rings. The second kappa shape index (κ2) is 9.36. The van der Waals surface area contributed by atoms with Gasteiger partial charge in [-0.2, -0.15) is 0 Å². The molecule has 10 heteroatoms. The molecule has 1 aromatic heterocycles. The molecule has 0 atom stereocenters. The van der Waals surface area contributed by atoms with Crippen LogP contribution in [-0.2, 0) is 32.6 Å². The maximum atomic E-state index is 13.8. The Morgan fingerprint density at radius 2 is 1.94 bits per heavy atom. The van der Waals surface area contributed by atoms with Crippen molar-refractivity contribution >= 4 is 16.0 Å². The van der Waals surface area contributed by atoms with E-state index in [1.54, 1.807) is 12.1 Å². The lowest BCUT2D eigenvalue weighted by atomic mass is 10.2. The molecule has 2 aromatic carbocycles. The van der Waals surface area contributed by atoms with Crippen LogP contribution in [0.4, 0.5) is 8.78 Å². The van der Waals surface area contributed by atoms with Gasteiger partial charge < -0.3 is 9.15 Å². The molecule has 0 aliphatic heterocycles. The number of rotatable bonds is 8. The van der Waals surface area contributed by atoms with Crippen LogP contribution < -0.4 is 0 Å². The zero-order valence-electron chi connectivity index (χ0n) is 16.8. The second-order valence-electron chi connectivity index (χ2n) is 6.84. The van der Waals surface area contributed by atoms with Gasteiger partial charge in [-0.05, 0) is 29.8 Å². The molecule has 0 saturated carbocycles. The maximum absolute atomic E-state index is 13.8. The van der Waals surface area contributed by atoms with Gasteiger partial charge in [-0.1, -0.05) is 12.1 Å². The quantitative estimate of drug-likeness (QED) is 0.488. The first-order valence-electron chi connectivity index (χ1n) is 9.24. The number of esters is 1. The van der Waals surface area contributed by atoms with Gasteiger partial charge in [0.15, 0.2) is 11.7 Å². The van der Waals surface area contributed by atoms with Crippen molar-refractivity contribution in [2.75, 3.05) is 14.1 Å². The molecule has 0 unspecified atom stereocenters. The lowest BCUT2D eigenvalue weighted by Crippen LogP contribution is -2.22. The van der Waals surface area contributed by atoms with E-state index in [9.17, 15) is 22.0 Å². The number of carbonyl (C=O) groups excluding carboxylic acids is 1. The minimum atomic E-state index is -3.59. The van der Waals surface area contributed by atoms with Crippen LogP contribution >= 0.6 is 0 Å². The van der Waals surface area contributed by atoms with Gasteiger partial charge in [0.1, 0.15) is 18.2 Å². The Labute approximate surface area is 178 Å². The average Bonchev–Trinajstić information content (AvgIpc) is 3.19. The van der Waals surface area contributed by atoms with Crippen LogP contribution in [0, 0.1) is 11.6 Å². The molecular weight excluding hydrogens is 430 g/mol. The van der Waals surface area contributed by atoms with Crippen molar-refractivity contribution in [3.63, 3.8) is 0 Å². The highest BCUT2D eigenvalue weighted by atomic mass is 32.2. The molecule has 0 aliphatic carbocycles. The van der Waals surface area contributed by atoms with E-state index in [0.29, 0.717) is 5.56 Å². The summed E-state index contributed by atoms with van der Waals surface area (Å²) in [6.45, 7) is -0.0900. The highest BCUT2D eigenvalue weighted by Gasteiger charge is 2.18. The zero-order chi connectivity index (χ0) is 22.6. The standard InChI is InChI=1S/C21H20F2N2O5S/c1-25(2)31(27,28)16-5-3-4-14(10-16)13-29-21(26)9-8-20-24-12-19(30-20)17-7-6-15(22)11-18(17)23/h3-7,10-12H,8-9,13H2,1-2H3. The topological polar surface area (TPSA) is 89.7 Å². The molecule has 0 bridgehead atoms. The Balaban J connectivity index is 1.55. The van der Waals surface area contributed by atoms with Gasteiger partial charge in [0.2, 0.25) is 10.0 Å². The first-order valence-corrected chi connectivity index (χ1v) is 10.7. The summed E-state index contributed by atoms with van der Waals surface area (Å²) >= 11 is 0. The molecule has 0 saturated heterocycles. The van der Waals surface area contributed by atoms with Crippen LogP contribution in [0.5, 0.6) is 0 Å². The van der Waals surface area contributed by atoms with Crippen LogP contribution in [0.15, 0.2) is 58.0 Å². The number of aromatic nitrogens is 1. The normalized spacial score (nSPS) is 11.6. The predicted molar refractivity (Wildman–Crippen MR) is 107 cm³/mol. The second-order valence-corrected chi connectivity index (χ2v) is 8.99. The van der Waals surface area contributed by atoms with Crippen molar-refractivity contribution in [2.24, 2.45) is 0 Å².